The summed E-state index contributed by atoms with van der Waals surface area (Å²) in [5.74, 6) is 0.343. The highest BCUT2D eigenvalue weighted by atomic mass is 32.2. The van der Waals surface area contributed by atoms with Crippen LogP contribution in [-0.2, 0) is 16.6 Å². The van der Waals surface area contributed by atoms with Crippen molar-refractivity contribution in [1.82, 2.24) is 4.72 Å². The molecule has 6 nitrogen and oxygen atoms in total. The lowest BCUT2D eigenvalue weighted by molar-refractivity contribution is 0.259. The third kappa shape index (κ3) is 4.81. The molecule has 0 saturated carbocycles. The fourth-order valence-electron chi connectivity index (χ4n) is 2.19. The number of nitrogens with two attached hydrogens (primary N) is 1. The van der Waals surface area contributed by atoms with E-state index in [-0.39, 0.29) is 11.4 Å². The minimum absolute atomic E-state index is 0.114. The number of nitrogens with one attached hydrogen (secondary N) is 2. The average Bonchev–Trinajstić information content (AvgIpc) is 2.53. The molecular formula is C17H21N3O3S. The number of benzene rings is 2. The van der Waals surface area contributed by atoms with E-state index in [0.29, 0.717) is 17.2 Å². The molecule has 2 rings (SSSR count). The Bertz CT molecular complexity index is 815. The van der Waals surface area contributed by atoms with Crippen molar-refractivity contribution >= 4 is 21.7 Å². The Hall–Kier alpha value is -2.38. The topological polar surface area (TPSA) is 101 Å². The normalized spacial score (nSPS) is 11.5. The second-order valence-electron chi connectivity index (χ2n) is 5.74. The molecule has 7 heteroatoms. The molecule has 0 saturated heterocycles. The summed E-state index contributed by atoms with van der Waals surface area (Å²) < 4.78 is 27.2. The van der Waals surface area contributed by atoms with Gasteiger partial charge >= 0.3 is 6.03 Å². The number of carbonyl (C=O) groups is 1. The molecule has 0 atom stereocenters. The highest BCUT2D eigenvalue weighted by Crippen LogP contribution is 2.18. The zero-order valence-electron chi connectivity index (χ0n) is 13.6. The van der Waals surface area contributed by atoms with Crippen LogP contribution in [0.4, 0.5) is 10.5 Å². The number of primary amides is 1. The summed E-state index contributed by atoms with van der Waals surface area (Å²) in [7, 11) is -3.60. The van der Waals surface area contributed by atoms with Gasteiger partial charge in [-0.05, 0) is 41.3 Å². The van der Waals surface area contributed by atoms with Gasteiger partial charge in [-0.1, -0.05) is 38.1 Å². The summed E-state index contributed by atoms with van der Waals surface area (Å²) in [6, 6.07) is 13.0. The van der Waals surface area contributed by atoms with Gasteiger partial charge in [0.2, 0.25) is 10.0 Å². The van der Waals surface area contributed by atoms with Crippen molar-refractivity contribution in [2.24, 2.45) is 5.73 Å². The third-order valence-electron chi connectivity index (χ3n) is 3.52. The Kier molecular flexibility index (Phi) is 5.58. The Labute approximate surface area is 142 Å². The summed E-state index contributed by atoms with van der Waals surface area (Å²) >= 11 is 0. The second-order valence-corrected chi connectivity index (χ2v) is 7.50. The van der Waals surface area contributed by atoms with Crippen molar-refractivity contribution in [3.63, 3.8) is 0 Å². The molecule has 4 N–H and O–H groups in total. The van der Waals surface area contributed by atoms with E-state index in [1.807, 2.05) is 12.1 Å². The number of urea groups is 1. The van der Waals surface area contributed by atoms with E-state index in [0.717, 1.165) is 5.56 Å². The lowest BCUT2D eigenvalue weighted by Gasteiger charge is -2.10. The van der Waals surface area contributed by atoms with E-state index in [2.05, 4.69) is 23.9 Å². The minimum Gasteiger partial charge on any atom is -0.351 e. The van der Waals surface area contributed by atoms with Crippen LogP contribution in [0.5, 0.6) is 0 Å². The van der Waals surface area contributed by atoms with Crippen LogP contribution in [0.25, 0.3) is 0 Å². The summed E-state index contributed by atoms with van der Waals surface area (Å²) in [4.78, 5) is 11.1. The molecule has 128 valence electrons. The van der Waals surface area contributed by atoms with E-state index in [1.165, 1.54) is 0 Å². The van der Waals surface area contributed by atoms with E-state index >= 15 is 0 Å². The first-order chi connectivity index (χ1) is 11.3. The quantitative estimate of drug-likeness (QED) is 0.749. The number of rotatable bonds is 6. The first-order valence-electron chi connectivity index (χ1n) is 7.53. The summed E-state index contributed by atoms with van der Waals surface area (Å²) in [6.07, 6.45) is 0. The Balaban J connectivity index is 2.08. The van der Waals surface area contributed by atoms with E-state index in [1.54, 1.807) is 36.4 Å². The molecule has 0 radical (unpaired) electrons. The van der Waals surface area contributed by atoms with Gasteiger partial charge in [0, 0.05) is 12.2 Å². The van der Waals surface area contributed by atoms with E-state index in [9.17, 15) is 13.2 Å². The van der Waals surface area contributed by atoms with Gasteiger partial charge in [-0.3, -0.25) is 0 Å². The SMILES string of the molecule is CC(C)c1ccc(S(=O)(=O)NCc2cccc(NC(N)=O)c2)cc1. The molecule has 0 fully saturated rings. The van der Waals surface area contributed by atoms with Gasteiger partial charge in [0.15, 0.2) is 0 Å². The van der Waals surface area contributed by atoms with E-state index < -0.39 is 16.1 Å². The fraction of sp³-hybridized carbons (Fsp3) is 0.235. The largest absolute Gasteiger partial charge is 0.351 e. The maximum Gasteiger partial charge on any atom is 0.316 e. The van der Waals surface area contributed by atoms with Crippen LogP contribution in [0.15, 0.2) is 53.4 Å². The van der Waals surface area contributed by atoms with Gasteiger partial charge in [0.25, 0.3) is 0 Å². The first-order valence-corrected chi connectivity index (χ1v) is 9.01. The molecule has 0 unspecified atom stereocenters. The molecular weight excluding hydrogens is 326 g/mol. The highest BCUT2D eigenvalue weighted by Gasteiger charge is 2.14. The monoisotopic (exact) mass is 347 g/mol. The molecule has 0 aliphatic carbocycles. The highest BCUT2D eigenvalue weighted by molar-refractivity contribution is 7.89. The van der Waals surface area contributed by atoms with Gasteiger partial charge in [-0.2, -0.15) is 0 Å². The van der Waals surface area contributed by atoms with Crippen molar-refractivity contribution in [3.8, 4) is 0 Å². The zero-order valence-corrected chi connectivity index (χ0v) is 14.4. The molecule has 0 aromatic heterocycles. The molecule has 24 heavy (non-hydrogen) atoms. The molecule has 0 bridgehead atoms. The maximum atomic E-state index is 12.3. The van der Waals surface area contributed by atoms with Gasteiger partial charge in [0.1, 0.15) is 0 Å². The smallest absolute Gasteiger partial charge is 0.316 e. The number of hydrogen-bond donors (Lipinski definition) is 3. The molecule has 0 aliphatic rings. The second kappa shape index (κ2) is 7.46. The summed E-state index contributed by atoms with van der Waals surface area (Å²) in [5, 5.41) is 2.45. The van der Waals surface area contributed by atoms with Crippen LogP contribution in [0, 0.1) is 0 Å². The number of amides is 2. The number of carbonyl (C=O) groups excluding carboxylic acids is 1. The lowest BCUT2D eigenvalue weighted by atomic mass is 10.0. The van der Waals surface area contributed by atoms with Crippen molar-refractivity contribution < 1.29 is 13.2 Å². The van der Waals surface area contributed by atoms with Crippen LogP contribution >= 0.6 is 0 Å². The van der Waals surface area contributed by atoms with Crippen LogP contribution in [0.3, 0.4) is 0 Å². The van der Waals surface area contributed by atoms with Gasteiger partial charge in [-0.25, -0.2) is 17.9 Å². The lowest BCUT2D eigenvalue weighted by Crippen LogP contribution is -2.23. The Morgan fingerprint density at radius 3 is 2.38 bits per heavy atom. The van der Waals surface area contributed by atoms with Gasteiger partial charge in [-0.15, -0.1) is 0 Å². The van der Waals surface area contributed by atoms with Crippen LogP contribution < -0.4 is 15.8 Å². The molecule has 2 amide bonds. The van der Waals surface area contributed by atoms with Crippen LogP contribution in [0.1, 0.15) is 30.9 Å². The number of anilines is 1. The first kappa shape index (κ1) is 18.0. The zero-order chi connectivity index (χ0) is 17.7. The van der Waals surface area contributed by atoms with Crippen LogP contribution in [0.2, 0.25) is 0 Å². The third-order valence-corrected chi connectivity index (χ3v) is 4.94. The molecule has 0 heterocycles. The Morgan fingerprint density at radius 2 is 1.79 bits per heavy atom. The van der Waals surface area contributed by atoms with Gasteiger partial charge in [0.05, 0.1) is 4.90 Å². The predicted molar refractivity (Wildman–Crippen MR) is 94.2 cm³/mol. The fourth-order valence-corrected chi connectivity index (χ4v) is 3.21. The minimum atomic E-state index is -3.60. The standard InChI is InChI=1S/C17H21N3O3S/c1-12(2)14-6-8-16(9-7-14)24(22,23)19-11-13-4-3-5-15(10-13)20-17(18)21/h3-10,12,19H,11H2,1-2H3,(H3,18,20,21). The van der Waals surface area contributed by atoms with Gasteiger partial charge < -0.3 is 11.1 Å². The molecule has 0 aliphatic heterocycles. The summed E-state index contributed by atoms with van der Waals surface area (Å²) in [5.41, 5.74) is 7.37. The average molecular weight is 347 g/mol. The predicted octanol–water partition coefficient (Wildman–Crippen LogP) is 2.78. The van der Waals surface area contributed by atoms with Crippen molar-refractivity contribution in [1.29, 1.82) is 0 Å². The number of sulfonamides is 1. The van der Waals surface area contributed by atoms with Crippen LogP contribution in [-0.4, -0.2) is 14.4 Å². The van der Waals surface area contributed by atoms with Crippen molar-refractivity contribution in [3.05, 3.63) is 59.7 Å². The maximum absolute atomic E-state index is 12.3. The Morgan fingerprint density at radius 1 is 1.12 bits per heavy atom. The molecule has 2 aromatic rings. The molecule has 2 aromatic carbocycles. The van der Waals surface area contributed by atoms with Crippen molar-refractivity contribution in [2.45, 2.75) is 31.2 Å². The van der Waals surface area contributed by atoms with E-state index in [4.69, 9.17) is 5.73 Å². The summed E-state index contributed by atoms with van der Waals surface area (Å²) in [6.45, 7) is 4.21. The molecule has 0 spiro atoms. The number of hydrogen-bond acceptors (Lipinski definition) is 3. The van der Waals surface area contributed by atoms with Crippen molar-refractivity contribution in [2.75, 3.05) is 5.32 Å².